The fourth-order valence-corrected chi connectivity index (χ4v) is 3.16. The number of hydrazone groups is 1. The van der Waals surface area contributed by atoms with Crippen LogP contribution < -0.4 is 5.43 Å². The lowest BCUT2D eigenvalue weighted by Crippen LogP contribution is -2.02. The van der Waals surface area contributed by atoms with Crippen molar-refractivity contribution >= 4 is 35.2 Å². The molecule has 0 spiro atoms. The van der Waals surface area contributed by atoms with E-state index in [9.17, 15) is 5.26 Å². The maximum absolute atomic E-state index is 9.76. The first-order valence-corrected chi connectivity index (χ1v) is 9.03. The number of para-hydroxylation sites is 1. The molecule has 3 N–H and O–H groups in total. The van der Waals surface area contributed by atoms with Gasteiger partial charge in [-0.25, -0.2) is 0 Å². The molecule has 0 aliphatic carbocycles. The van der Waals surface area contributed by atoms with Crippen LogP contribution in [0.25, 0.3) is 22.2 Å². The van der Waals surface area contributed by atoms with Crippen molar-refractivity contribution in [1.82, 2.24) is 15.0 Å². The standard InChI is InChI=1S/C21H16N6S/c1-13-6-8-14(9-7-13)11-24-27-20-16(10-22)19(25-21(28)26-20)17-12-23-18-5-3-2-4-15(17)18/h2-9,11-12,23H,1H3,(H2,25,26,27,28)/b24-11+. The fourth-order valence-electron chi connectivity index (χ4n) is 2.96. The van der Waals surface area contributed by atoms with Gasteiger partial charge in [0.05, 0.1) is 11.9 Å². The van der Waals surface area contributed by atoms with Gasteiger partial charge < -0.3 is 9.97 Å². The molecule has 4 rings (SSSR count). The van der Waals surface area contributed by atoms with Crippen LogP contribution in [-0.4, -0.2) is 21.2 Å². The summed E-state index contributed by atoms with van der Waals surface area (Å²) in [4.78, 5) is 10.5. The number of nitriles is 1. The van der Waals surface area contributed by atoms with E-state index in [1.165, 1.54) is 5.56 Å². The molecule has 0 fully saturated rings. The summed E-state index contributed by atoms with van der Waals surface area (Å²) in [6.07, 6.45) is 3.53. The second kappa shape index (κ2) is 7.47. The lowest BCUT2D eigenvalue weighted by Gasteiger charge is -2.08. The molecule has 2 heterocycles. The lowest BCUT2D eigenvalue weighted by atomic mass is 10.1. The summed E-state index contributed by atoms with van der Waals surface area (Å²) in [5, 5.41) is 15.0. The summed E-state index contributed by atoms with van der Waals surface area (Å²) >= 11 is 5.27. The molecule has 136 valence electrons. The number of aromatic amines is 2. The van der Waals surface area contributed by atoms with Crippen LogP contribution in [0.2, 0.25) is 0 Å². The number of nitrogens with one attached hydrogen (secondary N) is 3. The van der Waals surface area contributed by atoms with Gasteiger partial charge in [0.2, 0.25) is 0 Å². The molecule has 0 aliphatic rings. The molecule has 0 bridgehead atoms. The Morgan fingerprint density at radius 1 is 1.18 bits per heavy atom. The fraction of sp³-hybridized carbons (Fsp3) is 0.0476. The lowest BCUT2D eigenvalue weighted by molar-refractivity contribution is 1.10. The van der Waals surface area contributed by atoms with Crippen molar-refractivity contribution in [2.24, 2.45) is 5.10 Å². The van der Waals surface area contributed by atoms with Crippen molar-refractivity contribution in [3.63, 3.8) is 0 Å². The molecule has 0 atom stereocenters. The van der Waals surface area contributed by atoms with E-state index in [1.54, 1.807) is 6.21 Å². The summed E-state index contributed by atoms with van der Waals surface area (Å²) in [6, 6.07) is 18.0. The first-order chi connectivity index (χ1) is 13.7. The average molecular weight is 384 g/mol. The zero-order chi connectivity index (χ0) is 19.5. The van der Waals surface area contributed by atoms with Gasteiger partial charge in [0.25, 0.3) is 0 Å². The predicted molar refractivity (Wildman–Crippen MR) is 114 cm³/mol. The van der Waals surface area contributed by atoms with Crippen molar-refractivity contribution in [2.75, 3.05) is 5.43 Å². The van der Waals surface area contributed by atoms with Gasteiger partial charge in [0.1, 0.15) is 11.6 Å². The third-order valence-corrected chi connectivity index (χ3v) is 4.56. The number of anilines is 1. The molecule has 7 heteroatoms. The molecule has 2 aromatic carbocycles. The molecule has 0 saturated carbocycles. The third-order valence-electron chi connectivity index (χ3n) is 4.36. The first-order valence-electron chi connectivity index (χ1n) is 8.62. The van der Waals surface area contributed by atoms with Gasteiger partial charge in [-0.2, -0.15) is 15.3 Å². The first kappa shape index (κ1) is 17.6. The van der Waals surface area contributed by atoms with Crippen molar-refractivity contribution in [3.05, 3.63) is 76.2 Å². The number of aromatic nitrogens is 3. The molecular formula is C21H16N6S. The van der Waals surface area contributed by atoms with Gasteiger partial charge in [-0.3, -0.25) is 5.43 Å². The summed E-state index contributed by atoms with van der Waals surface area (Å²) in [6.45, 7) is 2.03. The minimum Gasteiger partial charge on any atom is -0.360 e. The van der Waals surface area contributed by atoms with E-state index < -0.39 is 0 Å². The summed E-state index contributed by atoms with van der Waals surface area (Å²) in [5.74, 6) is 0.315. The molecule has 2 aromatic heterocycles. The van der Waals surface area contributed by atoms with Crippen LogP contribution in [0.4, 0.5) is 5.82 Å². The zero-order valence-electron chi connectivity index (χ0n) is 15.0. The number of rotatable bonds is 4. The highest BCUT2D eigenvalue weighted by atomic mass is 32.1. The Kier molecular flexibility index (Phi) is 4.70. The Bertz CT molecular complexity index is 1270. The minimum atomic E-state index is 0.271. The van der Waals surface area contributed by atoms with Gasteiger partial charge in [-0.05, 0) is 30.8 Å². The van der Waals surface area contributed by atoms with Crippen molar-refractivity contribution in [3.8, 4) is 17.3 Å². The number of hydrogen-bond acceptors (Lipinski definition) is 5. The third kappa shape index (κ3) is 3.41. The highest BCUT2D eigenvalue weighted by Crippen LogP contribution is 2.31. The normalized spacial score (nSPS) is 11.0. The molecule has 28 heavy (non-hydrogen) atoms. The van der Waals surface area contributed by atoms with Crippen LogP contribution in [0, 0.1) is 23.0 Å². The SMILES string of the molecule is Cc1ccc(/C=N/Nc2nc(=S)[nH]c(-c3c[nH]c4ccccc34)c2C#N)cc1. The number of fused-ring (bicyclic) bond motifs is 1. The van der Waals surface area contributed by atoms with Gasteiger partial charge in [-0.15, -0.1) is 0 Å². The number of hydrogen-bond donors (Lipinski definition) is 3. The molecule has 0 amide bonds. The number of H-pyrrole nitrogens is 2. The van der Waals surface area contributed by atoms with Crippen molar-refractivity contribution in [2.45, 2.75) is 6.92 Å². The van der Waals surface area contributed by atoms with Gasteiger partial charge in [0.15, 0.2) is 10.6 Å². The second-order valence-corrected chi connectivity index (χ2v) is 6.67. The maximum atomic E-state index is 9.76. The van der Waals surface area contributed by atoms with E-state index in [0.717, 1.165) is 22.0 Å². The second-order valence-electron chi connectivity index (χ2n) is 6.28. The van der Waals surface area contributed by atoms with Crippen molar-refractivity contribution < 1.29 is 0 Å². The highest BCUT2D eigenvalue weighted by molar-refractivity contribution is 7.71. The Morgan fingerprint density at radius 2 is 1.96 bits per heavy atom. The Balaban J connectivity index is 1.74. The van der Waals surface area contributed by atoms with E-state index in [0.29, 0.717) is 17.1 Å². The van der Waals surface area contributed by atoms with Gasteiger partial charge in [0, 0.05) is 22.7 Å². The largest absolute Gasteiger partial charge is 0.360 e. The Labute approximate surface area is 166 Å². The van der Waals surface area contributed by atoms with Crippen molar-refractivity contribution in [1.29, 1.82) is 5.26 Å². The monoisotopic (exact) mass is 384 g/mol. The van der Waals surface area contributed by atoms with Crippen LogP contribution in [0.3, 0.4) is 0 Å². The molecule has 0 radical (unpaired) electrons. The van der Waals surface area contributed by atoms with Crippen LogP contribution in [0.15, 0.2) is 59.8 Å². The summed E-state index contributed by atoms with van der Waals surface area (Å²) in [7, 11) is 0. The van der Waals surface area contributed by atoms with Gasteiger partial charge in [-0.1, -0.05) is 48.0 Å². The number of aryl methyl sites for hydroxylation is 1. The zero-order valence-corrected chi connectivity index (χ0v) is 15.8. The summed E-state index contributed by atoms with van der Waals surface area (Å²) < 4.78 is 0.271. The quantitative estimate of drug-likeness (QED) is 0.265. The average Bonchev–Trinajstić information content (AvgIpc) is 3.13. The number of nitrogens with zero attached hydrogens (tertiary/aromatic N) is 3. The molecular weight excluding hydrogens is 368 g/mol. The van der Waals surface area contributed by atoms with Crippen LogP contribution in [-0.2, 0) is 0 Å². The number of benzene rings is 2. The Morgan fingerprint density at radius 3 is 2.75 bits per heavy atom. The minimum absolute atomic E-state index is 0.271. The molecule has 4 aromatic rings. The highest BCUT2D eigenvalue weighted by Gasteiger charge is 2.15. The van der Waals surface area contributed by atoms with Crippen LogP contribution in [0.1, 0.15) is 16.7 Å². The van der Waals surface area contributed by atoms with E-state index in [2.05, 4.69) is 31.5 Å². The van der Waals surface area contributed by atoms with E-state index in [1.807, 2.05) is 61.7 Å². The molecule has 0 aliphatic heterocycles. The summed E-state index contributed by atoms with van der Waals surface area (Å²) in [5.41, 5.74) is 7.75. The van der Waals surface area contributed by atoms with E-state index in [-0.39, 0.29) is 4.77 Å². The van der Waals surface area contributed by atoms with E-state index >= 15 is 0 Å². The van der Waals surface area contributed by atoms with Gasteiger partial charge >= 0.3 is 0 Å². The molecule has 6 nitrogen and oxygen atoms in total. The van der Waals surface area contributed by atoms with Crippen LogP contribution >= 0.6 is 12.2 Å². The van der Waals surface area contributed by atoms with Crippen LogP contribution in [0.5, 0.6) is 0 Å². The smallest absolute Gasteiger partial charge is 0.199 e. The Hall–Kier alpha value is -3.76. The predicted octanol–water partition coefficient (Wildman–Crippen LogP) is 4.91. The van der Waals surface area contributed by atoms with E-state index in [4.69, 9.17) is 12.2 Å². The topological polar surface area (TPSA) is 92.7 Å². The molecule has 0 unspecified atom stereocenters. The molecule has 0 saturated heterocycles. The maximum Gasteiger partial charge on any atom is 0.199 e.